The summed E-state index contributed by atoms with van der Waals surface area (Å²) >= 11 is 1.20. The molecule has 0 aliphatic carbocycles. The van der Waals surface area contributed by atoms with Gasteiger partial charge in [-0.25, -0.2) is 4.39 Å². The highest BCUT2D eigenvalue weighted by atomic mass is 32.2. The van der Waals surface area contributed by atoms with Crippen LogP contribution in [0.1, 0.15) is 35.7 Å². The van der Waals surface area contributed by atoms with Gasteiger partial charge in [0.15, 0.2) is 5.17 Å². The lowest BCUT2D eigenvalue weighted by Gasteiger charge is -2.31. The highest BCUT2D eigenvalue weighted by Crippen LogP contribution is 2.18. The van der Waals surface area contributed by atoms with E-state index < -0.39 is 5.82 Å². The molecular weight excluding hydrogens is 489 g/mol. The van der Waals surface area contributed by atoms with Crippen LogP contribution in [0.2, 0.25) is 0 Å². The summed E-state index contributed by atoms with van der Waals surface area (Å²) < 4.78 is 12.9. The van der Waals surface area contributed by atoms with Crippen molar-refractivity contribution < 1.29 is 14.0 Å². The molecule has 194 valence electrons. The number of H-pyrrole nitrogens is 1. The fourth-order valence-corrected chi connectivity index (χ4v) is 4.94. The van der Waals surface area contributed by atoms with Crippen LogP contribution in [0.4, 0.5) is 4.39 Å². The Morgan fingerprint density at radius 2 is 1.84 bits per heavy atom. The van der Waals surface area contributed by atoms with Crippen molar-refractivity contribution in [1.29, 1.82) is 0 Å². The number of carbonyl (C=O) groups is 2. The van der Waals surface area contributed by atoms with E-state index >= 15 is 0 Å². The molecular formula is C28H32FN5O2S. The van der Waals surface area contributed by atoms with Crippen molar-refractivity contribution in [2.24, 2.45) is 4.99 Å². The summed E-state index contributed by atoms with van der Waals surface area (Å²) in [7, 11) is 0. The molecule has 0 unspecified atom stereocenters. The van der Waals surface area contributed by atoms with Gasteiger partial charge in [-0.3, -0.25) is 14.6 Å². The number of aromatic amines is 1. The first kappa shape index (κ1) is 26.6. The standard InChI is InChI=1S/C19H23FN4O2S.C9H9N/c1-2-24-9-7-16(8-10-24)22-18(26)14-11-21-19(27-12-14)23-17(25)13-3-5-15(20)6-4-13;1-7-6-10-9-5-3-2-4-8(7)9/h3-6,12,16H,2,7-11H2,1H3,(H,22,26)(H,21,23,25);2-6,10H,1H3. The van der Waals surface area contributed by atoms with Gasteiger partial charge in [-0.2, -0.15) is 0 Å². The Morgan fingerprint density at radius 1 is 1.11 bits per heavy atom. The Bertz CT molecular complexity index is 1290. The molecule has 7 nitrogen and oxygen atoms in total. The van der Waals surface area contributed by atoms with Crippen molar-refractivity contribution in [2.45, 2.75) is 32.7 Å². The van der Waals surface area contributed by atoms with E-state index in [-0.39, 0.29) is 24.4 Å². The third kappa shape index (κ3) is 7.30. The largest absolute Gasteiger partial charge is 0.361 e. The zero-order valence-corrected chi connectivity index (χ0v) is 21.9. The monoisotopic (exact) mass is 521 g/mol. The molecule has 3 N–H and O–H groups in total. The second kappa shape index (κ2) is 12.7. The van der Waals surface area contributed by atoms with Crippen LogP contribution in [0.3, 0.4) is 0 Å². The molecule has 1 aromatic heterocycles. The average molecular weight is 522 g/mol. The molecule has 5 rings (SSSR count). The maximum absolute atomic E-state index is 12.9. The number of aliphatic imine (C=N–C) groups is 1. The third-order valence-electron chi connectivity index (χ3n) is 6.49. The molecule has 2 aliphatic rings. The van der Waals surface area contributed by atoms with Gasteiger partial charge < -0.3 is 20.5 Å². The van der Waals surface area contributed by atoms with Crippen molar-refractivity contribution in [3.05, 3.63) is 82.7 Å². The Kier molecular flexibility index (Phi) is 9.14. The number of para-hydroxylation sites is 1. The quantitative estimate of drug-likeness (QED) is 0.468. The number of amides is 2. The number of likely N-dealkylation sites (tertiary alicyclic amines) is 1. The van der Waals surface area contributed by atoms with E-state index in [0.29, 0.717) is 16.3 Å². The topological polar surface area (TPSA) is 89.6 Å². The minimum Gasteiger partial charge on any atom is -0.361 e. The first-order chi connectivity index (χ1) is 17.9. The summed E-state index contributed by atoms with van der Waals surface area (Å²) in [5, 5.41) is 9.23. The predicted molar refractivity (Wildman–Crippen MR) is 148 cm³/mol. The van der Waals surface area contributed by atoms with Gasteiger partial charge in [0.2, 0.25) is 5.91 Å². The van der Waals surface area contributed by atoms with Crippen LogP contribution in [-0.4, -0.2) is 59.1 Å². The van der Waals surface area contributed by atoms with Crippen molar-refractivity contribution in [1.82, 2.24) is 20.5 Å². The maximum Gasteiger partial charge on any atom is 0.257 e. The molecule has 9 heteroatoms. The van der Waals surface area contributed by atoms with Crippen LogP contribution < -0.4 is 10.6 Å². The zero-order valence-electron chi connectivity index (χ0n) is 21.1. The molecule has 2 aliphatic heterocycles. The Balaban J connectivity index is 0.000000265. The fourth-order valence-electron chi connectivity index (χ4n) is 4.21. The summed E-state index contributed by atoms with van der Waals surface area (Å²) in [6.45, 7) is 7.54. The van der Waals surface area contributed by atoms with Gasteiger partial charge in [-0.15, -0.1) is 0 Å². The molecule has 2 aromatic carbocycles. The number of aromatic nitrogens is 1. The van der Waals surface area contributed by atoms with Gasteiger partial charge >= 0.3 is 0 Å². The Hall–Kier alpha value is -3.43. The minimum absolute atomic E-state index is 0.0925. The van der Waals surface area contributed by atoms with E-state index in [4.69, 9.17) is 0 Å². The van der Waals surface area contributed by atoms with Gasteiger partial charge in [0.05, 0.1) is 6.54 Å². The molecule has 3 aromatic rings. The van der Waals surface area contributed by atoms with E-state index in [2.05, 4.69) is 57.6 Å². The van der Waals surface area contributed by atoms with Crippen molar-refractivity contribution in [3.8, 4) is 0 Å². The molecule has 1 saturated heterocycles. The number of carbonyl (C=O) groups excluding carboxylic acids is 2. The second-order valence-electron chi connectivity index (χ2n) is 9.04. The molecule has 0 spiro atoms. The SMILES string of the molecule is CCN1CCC(NC(=O)C2=CSC(NC(=O)c3ccc(F)cc3)=NC2)CC1.Cc1c[nH]c2ccccc12. The van der Waals surface area contributed by atoms with E-state index in [1.165, 1.54) is 52.5 Å². The molecule has 1 fully saturated rings. The van der Waals surface area contributed by atoms with E-state index in [0.717, 1.165) is 32.5 Å². The lowest BCUT2D eigenvalue weighted by molar-refractivity contribution is -0.118. The number of amidine groups is 1. The molecule has 0 bridgehead atoms. The highest BCUT2D eigenvalue weighted by Gasteiger charge is 2.22. The predicted octanol–water partition coefficient (Wildman–Crippen LogP) is 4.62. The number of benzene rings is 2. The average Bonchev–Trinajstić information content (AvgIpc) is 3.31. The number of hydrogen-bond donors (Lipinski definition) is 3. The number of halogens is 1. The van der Waals surface area contributed by atoms with Crippen LogP contribution in [0.5, 0.6) is 0 Å². The summed E-state index contributed by atoms with van der Waals surface area (Å²) in [6, 6.07) is 13.8. The summed E-state index contributed by atoms with van der Waals surface area (Å²) in [4.78, 5) is 34.4. The van der Waals surface area contributed by atoms with E-state index in [1.807, 2.05) is 12.3 Å². The third-order valence-corrected chi connectivity index (χ3v) is 7.35. The van der Waals surface area contributed by atoms with E-state index in [9.17, 15) is 14.0 Å². The number of thioether (sulfide) groups is 1. The summed E-state index contributed by atoms with van der Waals surface area (Å²) in [5.41, 5.74) is 3.49. The number of fused-ring (bicyclic) bond motifs is 1. The van der Waals surface area contributed by atoms with Crippen LogP contribution in [0, 0.1) is 12.7 Å². The smallest absolute Gasteiger partial charge is 0.257 e. The van der Waals surface area contributed by atoms with Crippen LogP contribution in [-0.2, 0) is 4.79 Å². The van der Waals surface area contributed by atoms with Gasteiger partial charge in [0.25, 0.3) is 5.91 Å². The van der Waals surface area contributed by atoms with Crippen molar-refractivity contribution in [2.75, 3.05) is 26.2 Å². The number of piperidine rings is 1. The molecule has 3 heterocycles. The van der Waals surface area contributed by atoms with Crippen molar-refractivity contribution >= 4 is 39.6 Å². The van der Waals surface area contributed by atoms with Gasteiger partial charge in [0, 0.05) is 47.4 Å². The maximum atomic E-state index is 12.9. The molecule has 2 amide bonds. The van der Waals surface area contributed by atoms with Gasteiger partial charge in [-0.05, 0) is 67.6 Å². The lowest BCUT2D eigenvalue weighted by Crippen LogP contribution is -2.45. The highest BCUT2D eigenvalue weighted by molar-refractivity contribution is 8.16. The van der Waals surface area contributed by atoms with Crippen LogP contribution >= 0.6 is 11.8 Å². The number of nitrogens with one attached hydrogen (secondary N) is 3. The summed E-state index contributed by atoms with van der Waals surface area (Å²) in [5.74, 6) is -0.842. The first-order valence-corrected chi connectivity index (χ1v) is 13.3. The summed E-state index contributed by atoms with van der Waals surface area (Å²) in [6.07, 6.45) is 3.95. The normalized spacial score (nSPS) is 16.3. The van der Waals surface area contributed by atoms with Gasteiger partial charge in [0.1, 0.15) is 5.82 Å². The van der Waals surface area contributed by atoms with Crippen LogP contribution in [0.25, 0.3) is 10.9 Å². The Morgan fingerprint density at radius 3 is 2.49 bits per heavy atom. The number of aryl methyl sites for hydroxylation is 1. The number of hydrogen-bond acceptors (Lipinski definition) is 5. The number of nitrogens with zero attached hydrogens (tertiary/aromatic N) is 2. The molecule has 37 heavy (non-hydrogen) atoms. The Labute approximate surface area is 220 Å². The zero-order chi connectivity index (χ0) is 26.2. The fraction of sp³-hybridized carbons (Fsp3) is 0.321. The van der Waals surface area contributed by atoms with Crippen molar-refractivity contribution in [3.63, 3.8) is 0 Å². The molecule has 0 atom stereocenters. The molecule has 0 saturated carbocycles. The molecule has 0 radical (unpaired) electrons. The minimum atomic E-state index is -0.394. The van der Waals surface area contributed by atoms with Gasteiger partial charge in [-0.1, -0.05) is 36.9 Å². The first-order valence-electron chi connectivity index (χ1n) is 12.5. The van der Waals surface area contributed by atoms with E-state index in [1.54, 1.807) is 5.41 Å². The number of rotatable bonds is 4. The second-order valence-corrected chi connectivity index (χ2v) is 9.90. The van der Waals surface area contributed by atoms with Crippen LogP contribution in [0.15, 0.2) is 70.7 Å². The lowest BCUT2D eigenvalue weighted by atomic mass is 10.0.